The average molecular weight is 421 g/mol. The molecule has 1 aromatic heterocycles. The molecule has 31 heavy (non-hydrogen) atoms. The number of anilines is 1. The Morgan fingerprint density at radius 2 is 2.03 bits per heavy atom. The zero-order valence-electron chi connectivity index (χ0n) is 16.8. The molecule has 1 amide bonds. The van der Waals surface area contributed by atoms with E-state index in [0.717, 1.165) is 12.8 Å². The molecule has 0 N–H and O–H groups in total. The molecule has 5 rings (SSSR count). The van der Waals surface area contributed by atoms with Gasteiger partial charge in [0.05, 0.1) is 12.8 Å². The Bertz CT molecular complexity index is 1120. The van der Waals surface area contributed by atoms with Crippen LogP contribution in [0.25, 0.3) is 0 Å². The highest BCUT2D eigenvalue weighted by molar-refractivity contribution is 6.04. The minimum absolute atomic E-state index is 0.103. The van der Waals surface area contributed by atoms with Gasteiger partial charge in [-0.15, -0.1) is 0 Å². The number of halogens is 1. The number of nitrogens with zero attached hydrogens (tertiary/aromatic N) is 3. The van der Waals surface area contributed by atoms with E-state index < -0.39 is 11.9 Å². The number of rotatable bonds is 6. The molecular weight excluding hydrogens is 401 g/mol. The Morgan fingerprint density at radius 3 is 2.81 bits per heavy atom. The topological polar surface area (TPSA) is 92.5 Å². The Balaban J connectivity index is 1.30. The molecule has 2 aliphatic carbocycles. The van der Waals surface area contributed by atoms with Gasteiger partial charge in [-0.3, -0.25) is 9.59 Å². The van der Waals surface area contributed by atoms with Crippen LogP contribution in [0.3, 0.4) is 0 Å². The van der Waals surface area contributed by atoms with Crippen LogP contribution in [0.1, 0.15) is 47.2 Å². The van der Waals surface area contributed by atoms with Crippen molar-refractivity contribution in [2.45, 2.75) is 38.2 Å². The normalized spacial score (nSPS) is 20.0. The second-order valence-corrected chi connectivity index (χ2v) is 8.15. The monoisotopic (exact) mass is 421 g/mol. The average Bonchev–Trinajstić information content (AvgIpc) is 3.43. The van der Waals surface area contributed by atoms with Crippen molar-refractivity contribution in [2.24, 2.45) is 5.92 Å². The summed E-state index contributed by atoms with van der Waals surface area (Å²) in [6.07, 6.45) is 4.01. The summed E-state index contributed by atoms with van der Waals surface area (Å²) < 4.78 is 25.8. The molecule has 1 atom stereocenters. The summed E-state index contributed by atoms with van der Waals surface area (Å²) in [7, 11) is 0. The first-order valence-corrected chi connectivity index (χ1v) is 10.4. The summed E-state index contributed by atoms with van der Waals surface area (Å²) in [5.74, 6) is 0.211. The van der Waals surface area contributed by atoms with E-state index in [1.54, 1.807) is 6.07 Å². The van der Waals surface area contributed by atoms with Crippen molar-refractivity contribution in [3.63, 3.8) is 0 Å². The fourth-order valence-corrected chi connectivity index (χ4v) is 4.01. The van der Waals surface area contributed by atoms with Crippen LogP contribution in [0, 0.1) is 23.1 Å². The van der Waals surface area contributed by atoms with Gasteiger partial charge in [0, 0.05) is 36.7 Å². The number of pyridine rings is 1. The minimum atomic E-state index is -0.779. The first kappa shape index (κ1) is 19.5. The molecule has 1 unspecified atom stereocenters. The number of hydrogen-bond acceptors (Lipinski definition) is 6. The fourth-order valence-electron chi connectivity index (χ4n) is 4.01. The third kappa shape index (κ3) is 3.72. The molecule has 2 heterocycles. The summed E-state index contributed by atoms with van der Waals surface area (Å²) in [6, 6.07) is 6.46. The number of aromatic nitrogens is 1. The summed E-state index contributed by atoms with van der Waals surface area (Å²) in [5, 5.41) is 9.39. The predicted molar refractivity (Wildman–Crippen MR) is 108 cm³/mol. The number of carbonyl (C=O) groups excluding carboxylic acids is 2. The second-order valence-electron chi connectivity index (χ2n) is 8.15. The fraction of sp³-hybridized carbons (Fsp3) is 0.391. The molecule has 1 aromatic carbocycles. The van der Waals surface area contributed by atoms with Gasteiger partial charge in [-0.1, -0.05) is 0 Å². The van der Waals surface area contributed by atoms with E-state index in [-0.39, 0.29) is 23.1 Å². The lowest BCUT2D eigenvalue weighted by molar-refractivity contribution is -0.122. The van der Waals surface area contributed by atoms with E-state index in [0.29, 0.717) is 60.9 Å². The molecule has 2 fully saturated rings. The van der Waals surface area contributed by atoms with Crippen LogP contribution in [0.4, 0.5) is 10.1 Å². The van der Waals surface area contributed by atoms with Crippen molar-refractivity contribution < 1.29 is 23.5 Å². The maximum absolute atomic E-state index is 14.4. The molecule has 158 valence electrons. The largest absolute Gasteiger partial charge is 0.479 e. The Labute approximate surface area is 178 Å². The molecule has 0 spiro atoms. The van der Waals surface area contributed by atoms with Crippen molar-refractivity contribution in [1.29, 1.82) is 5.26 Å². The van der Waals surface area contributed by atoms with Crippen LogP contribution in [0.15, 0.2) is 24.4 Å². The molecule has 2 aromatic rings. The SMILES string of the molecule is N#Cc1cc(OC2CCN(c3cc(F)c4c(c3)C(=O)CC4)C2=O)cnc1OCC1CC1. The Kier molecular flexibility index (Phi) is 4.81. The zero-order chi connectivity index (χ0) is 21.5. The van der Waals surface area contributed by atoms with Gasteiger partial charge >= 0.3 is 0 Å². The number of benzene rings is 1. The number of amides is 1. The maximum atomic E-state index is 14.4. The molecule has 8 heteroatoms. The lowest BCUT2D eigenvalue weighted by atomic mass is 10.1. The van der Waals surface area contributed by atoms with Crippen LogP contribution < -0.4 is 14.4 Å². The van der Waals surface area contributed by atoms with Crippen LogP contribution in [-0.4, -0.2) is 35.9 Å². The highest BCUT2D eigenvalue weighted by Gasteiger charge is 2.36. The number of fused-ring (bicyclic) bond motifs is 1. The molecule has 1 saturated carbocycles. The Morgan fingerprint density at radius 1 is 1.19 bits per heavy atom. The number of ether oxygens (including phenoxy) is 2. The molecule has 0 bridgehead atoms. The van der Waals surface area contributed by atoms with Gasteiger partial charge in [0.25, 0.3) is 5.91 Å². The molecule has 7 nitrogen and oxygen atoms in total. The maximum Gasteiger partial charge on any atom is 0.268 e. The first-order chi connectivity index (χ1) is 15.0. The van der Waals surface area contributed by atoms with Crippen LogP contribution in [0.2, 0.25) is 0 Å². The van der Waals surface area contributed by atoms with E-state index in [1.807, 2.05) is 6.07 Å². The van der Waals surface area contributed by atoms with E-state index >= 15 is 0 Å². The highest BCUT2D eigenvalue weighted by atomic mass is 19.1. The number of hydrogen-bond donors (Lipinski definition) is 0. The standard InChI is InChI=1S/C23H20FN3O4/c24-19-9-15(8-18-17(19)3-4-20(18)28)27-6-5-21(23(27)29)31-16-7-14(10-25)22(26-11-16)30-12-13-1-2-13/h7-9,11,13,21H,1-6,12H2. The molecule has 0 radical (unpaired) electrons. The van der Waals surface area contributed by atoms with Crippen molar-refractivity contribution in [3.8, 4) is 17.7 Å². The van der Waals surface area contributed by atoms with E-state index in [1.165, 1.54) is 23.2 Å². The van der Waals surface area contributed by atoms with E-state index in [2.05, 4.69) is 4.98 Å². The van der Waals surface area contributed by atoms with E-state index in [4.69, 9.17) is 9.47 Å². The van der Waals surface area contributed by atoms with E-state index in [9.17, 15) is 19.2 Å². The lowest BCUT2D eigenvalue weighted by Crippen LogP contribution is -2.32. The van der Waals surface area contributed by atoms with Crippen LogP contribution in [-0.2, 0) is 11.2 Å². The minimum Gasteiger partial charge on any atom is -0.479 e. The van der Waals surface area contributed by atoms with Gasteiger partial charge < -0.3 is 14.4 Å². The smallest absolute Gasteiger partial charge is 0.268 e. The molecule has 1 aliphatic heterocycles. The zero-order valence-corrected chi connectivity index (χ0v) is 16.8. The first-order valence-electron chi connectivity index (χ1n) is 10.4. The molecule has 3 aliphatic rings. The van der Waals surface area contributed by atoms with Crippen molar-refractivity contribution in [3.05, 3.63) is 46.9 Å². The van der Waals surface area contributed by atoms with Gasteiger partial charge in [-0.2, -0.15) is 5.26 Å². The third-order valence-corrected chi connectivity index (χ3v) is 5.93. The lowest BCUT2D eigenvalue weighted by Gasteiger charge is -2.18. The summed E-state index contributed by atoms with van der Waals surface area (Å²) in [5.41, 5.74) is 1.39. The quantitative estimate of drug-likeness (QED) is 0.711. The number of carbonyl (C=O) groups is 2. The molecule has 1 saturated heterocycles. The van der Waals surface area contributed by atoms with Gasteiger partial charge in [-0.25, -0.2) is 9.37 Å². The number of nitriles is 1. The number of ketones is 1. The van der Waals surface area contributed by atoms with Gasteiger partial charge in [0.15, 0.2) is 11.9 Å². The predicted octanol–water partition coefficient (Wildman–Crippen LogP) is 3.19. The Hall–Kier alpha value is -3.47. The van der Waals surface area contributed by atoms with Crippen molar-refractivity contribution in [2.75, 3.05) is 18.1 Å². The van der Waals surface area contributed by atoms with Gasteiger partial charge in [-0.05, 0) is 42.9 Å². The third-order valence-electron chi connectivity index (χ3n) is 5.93. The second kappa shape index (κ2) is 7.65. The molecular formula is C23H20FN3O4. The van der Waals surface area contributed by atoms with Crippen molar-refractivity contribution in [1.82, 2.24) is 4.98 Å². The van der Waals surface area contributed by atoms with Gasteiger partial charge in [0.1, 0.15) is 23.2 Å². The summed E-state index contributed by atoms with van der Waals surface area (Å²) in [6.45, 7) is 0.884. The van der Waals surface area contributed by atoms with Crippen LogP contribution >= 0.6 is 0 Å². The van der Waals surface area contributed by atoms with Gasteiger partial charge in [0.2, 0.25) is 5.88 Å². The van der Waals surface area contributed by atoms with Crippen molar-refractivity contribution >= 4 is 17.4 Å². The highest BCUT2D eigenvalue weighted by Crippen LogP contribution is 2.33. The summed E-state index contributed by atoms with van der Waals surface area (Å²) >= 11 is 0. The number of Topliss-reactive ketones (excluding diaryl/α,β-unsaturated/α-hetero) is 1. The van der Waals surface area contributed by atoms with Crippen LogP contribution in [0.5, 0.6) is 11.6 Å². The summed E-state index contributed by atoms with van der Waals surface area (Å²) in [4.78, 5) is 30.5.